The Labute approximate surface area is 325 Å². The number of benzene rings is 2. The van der Waals surface area contributed by atoms with Gasteiger partial charge in [-0.05, 0) is 88.4 Å². The summed E-state index contributed by atoms with van der Waals surface area (Å²) in [4.78, 5) is 26.6. The predicted molar refractivity (Wildman–Crippen MR) is 217 cm³/mol. The number of rotatable bonds is 17. The topological polar surface area (TPSA) is 130 Å². The highest BCUT2D eigenvalue weighted by Gasteiger charge is 2.29. The first-order valence-corrected chi connectivity index (χ1v) is 24.0. The third kappa shape index (κ3) is 9.61. The summed E-state index contributed by atoms with van der Waals surface area (Å²) >= 11 is 3.08. The number of aryl methyl sites for hydroxylation is 1. The summed E-state index contributed by atoms with van der Waals surface area (Å²) in [6.45, 7) is 14.6. The molecule has 3 aromatic heterocycles. The van der Waals surface area contributed by atoms with Crippen LogP contribution in [0, 0.1) is 12.7 Å². The third-order valence-electron chi connectivity index (χ3n) is 9.23. The number of nitrogens with two attached hydrogens (primary N) is 1. The average Bonchev–Trinajstić information content (AvgIpc) is 3.73. The van der Waals surface area contributed by atoms with E-state index in [0.29, 0.717) is 56.5 Å². The highest BCUT2D eigenvalue weighted by atomic mass is 32.1. The molecule has 0 bridgehead atoms. The zero-order valence-corrected chi connectivity index (χ0v) is 34.5. The van der Waals surface area contributed by atoms with Crippen molar-refractivity contribution in [1.29, 1.82) is 0 Å². The lowest BCUT2D eigenvalue weighted by Crippen LogP contribution is -2.27. The highest BCUT2D eigenvalue weighted by molar-refractivity contribution is 7.16. The van der Waals surface area contributed by atoms with Crippen molar-refractivity contribution in [2.45, 2.75) is 78.2 Å². The van der Waals surface area contributed by atoms with Crippen molar-refractivity contribution in [3.8, 4) is 5.75 Å². The Morgan fingerprint density at radius 3 is 2.69 bits per heavy atom. The molecule has 6 rings (SSSR count). The fourth-order valence-corrected chi connectivity index (χ4v) is 9.22. The SMILES string of the molecule is CCOC(=O)c1nc(N2CCCc3c2nnc(/N=c2\sc4ccccc4n2CCOCC[Si](C)(C)C)c3C)sc1CCCOc1ccc(CCN)cc1F. The third-order valence-corrected chi connectivity index (χ3v) is 13.1. The van der Waals surface area contributed by atoms with Crippen LogP contribution in [0.25, 0.3) is 10.2 Å². The molecule has 0 radical (unpaired) electrons. The summed E-state index contributed by atoms with van der Waals surface area (Å²) in [6.07, 6.45) is 3.38. The van der Waals surface area contributed by atoms with Crippen LogP contribution in [0.5, 0.6) is 5.75 Å². The number of para-hydroxylation sites is 1. The molecule has 0 atom stereocenters. The summed E-state index contributed by atoms with van der Waals surface area (Å²) in [5.41, 5.74) is 9.89. The van der Waals surface area contributed by atoms with Crippen molar-refractivity contribution < 1.29 is 23.4 Å². The van der Waals surface area contributed by atoms with Crippen LogP contribution in [0.4, 0.5) is 21.2 Å². The number of anilines is 2. The van der Waals surface area contributed by atoms with Gasteiger partial charge >= 0.3 is 5.97 Å². The average molecular weight is 792 g/mol. The molecule has 0 saturated heterocycles. The van der Waals surface area contributed by atoms with E-state index in [4.69, 9.17) is 35.0 Å². The van der Waals surface area contributed by atoms with Gasteiger partial charge in [-0.15, -0.1) is 21.5 Å². The Morgan fingerprint density at radius 2 is 1.91 bits per heavy atom. The number of fused-ring (bicyclic) bond motifs is 2. The normalized spacial score (nSPS) is 13.5. The number of halogens is 1. The van der Waals surface area contributed by atoms with Crippen LogP contribution in [0.3, 0.4) is 0 Å². The maximum Gasteiger partial charge on any atom is 0.358 e. The Bertz CT molecular complexity index is 2150. The second kappa shape index (κ2) is 18.1. The van der Waals surface area contributed by atoms with Gasteiger partial charge in [-0.25, -0.2) is 14.2 Å². The number of hydrogen-bond donors (Lipinski definition) is 1. The number of nitrogens with zero attached hydrogens (tertiary/aromatic N) is 6. The number of carbonyl (C=O) groups excluding carboxylic acids is 1. The van der Waals surface area contributed by atoms with E-state index in [-0.39, 0.29) is 24.7 Å². The van der Waals surface area contributed by atoms with Crippen LogP contribution in [-0.4, -0.2) is 73.3 Å². The first-order valence-electron chi connectivity index (χ1n) is 18.7. The first kappa shape index (κ1) is 39.7. The second-order valence-corrected chi connectivity index (χ2v) is 22.2. The van der Waals surface area contributed by atoms with E-state index in [0.717, 1.165) is 67.9 Å². The summed E-state index contributed by atoms with van der Waals surface area (Å²) in [5, 5.41) is 10.0. The molecule has 0 spiro atoms. The maximum atomic E-state index is 14.6. The van der Waals surface area contributed by atoms with Crippen molar-refractivity contribution in [2.75, 3.05) is 44.4 Å². The van der Waals surface area contributed by atoms with Crippen LogP contribution < -0.4 is 20.2 Å². The monoisotopic (exact) mass is 791 g/mol. The molecule has 0 amide bonds. The molecule has 1 aliphatic rings. The zero-order valence-electron chi connectivity index (χ0n) is 31.8. The predicted octanol–water partition coefficient (Wildman–Crippen LogP) is 7.76. The van der Waals surface area contributed by atoms with Gasteiger partial charge in [0.15, 0.2) is 38.8 Å². The summed E-state index contributed by atoms with van der Waals surface area (Å²) in [5.74, 6) is 0.633. The van der Waals surface area contributed by atoms with E-state index in [1.807, 2.05) is 17.0 Å². The highest BCUT2D eigenvalue weighted by Crippen LogP contribution is 2.39. The molecule has 5 aromatic rings. The zero-order chi connectivity index (χ0) is 38.2. The summed E-state index contributed by atoms with van der Waals surface area (Å²) in [6, 6.07) is 14.4. The van der Waals surface area contributed by atoms with E-state index in [2.05, 4.69) is 54.4 Å². The van der Waals surface area contributed by atoms with Crippen molar-refractivity contribution in [3.63, 3.8) is 0 Å². The lowest BCUT2D eigenvalue weighted by molar-refractivity contribution is 0.0519. The molecule has 0 saturated carbocycles. The fraction of sp³-hybridized carbons (Fsp3) is 0.462. The summed E-state index contributed by atoms with van der Waals surface area (Å²) in [7, 11) is -1.17. The van der Waals surface area contributed by atoms with Crippen molar-refractivity contribution in [3.05, 3.63) is 80.3 Å². The molecule has 11 nitrogen and oxygen atoms in total. The first-order chi connectivity index (χ1) is 26.1. The van der Waals surface area contributed by atoms with E-state index in [1.54, 1.807) is 24.3 Å². The van der Waals surface area contributed by atoms with Gasteiger partial charge in [0.05, 0.1) is 30.0 Å². The number of aromatic nitrogens is 4. The van der Waals surface area contributed by atoms with Gasteiger partial charge in [0, 0.05) is 43.8 Å². The maximum absolute atomic E-state index is 14.6. The van der Waals surface area contributed by atoms with Crippen LogP contribution in [0.1, 0.15) is 51.8 Å². The number of esters is 1. The molecular weight excluding hydrogens is 742 g/mol. The molecule has 0 fully saturated rings. The van der Waals surface area contributed by atoms with E-state index in [1.165, 1.54) is 17.4 Å². The van der Waals surface area contributed by atoms with Gasteiger partial charge in [0.25, 0.3) is 0 Å². The number of hydrogen-bond acceptors (Lipinski definition) is 12. The minimum atomic E-state index is -1.17. The standard InChI is InChI=1S/C39H50FN7O4S2Si/c1-6-50-37(48)34-33(14-10-21-51-31-16-15-27(17-18-41)25-29(31)40)53-38(42-34)47-19-9-11-28-26(2)35(44-45-36(28)47)43-39-46(20-22-49-23-24-54(3,4)5)30-12-7-8-13-32(30)52-39/h7-8,12-13,15-16,25H,6,9-11,14,17-24,41H2,1-5H3/b43-39-. The Morgan fingerprint density at radius 1 is 1.07 bits per heavy atom. The van der Waals surface area contributed by atoms with Gasteiger partial charge in [-0.3, -0.25) is 0 Å². The smallest absolute Gasteiger partial charge is 0.358 e. The van der Waals surface area contributed by atoms with Gasteiger partial charge < -0.3 is 29.4 Å². The van der Waals surface area contributed by atoms with Gasteiger partial charge in [-0.2, -0.15) is 4.99 Å². The van der Waals surface area contributed by atoms with E-state index in [9.17, 15) is 9.18 Å². The number of thiazole rings is 2. The lowest BCUT2D eigenvalue weighted by Gasteiger charge is -2.28. The minimum Gasteiger partial charge on any atom is -0.491 e. The Hall–Kier alpha value is -4.02. The van der Waals surface area contributed by atoms with Crippen molar-refractivity contribution in [1.82, 2.24) is 19.7 Å². The van der Waals surface area contributed by atoms with E-state index >= 15 is 0 Å². The molecule has 2 N–H and O–H groups in total. The van der Waals surface area contributed by atoms with Gasteiger partial charge in [-0.1, -0.05) is 49.2 Å². The van der Waals surface area contributed by atoms with Gasteiger partial charge in [0.2, 0.25) is 0 Å². The Balaban J connectivity index is 1.22. The van der Waals surface area contributed by atoms with Crippen LogP contribution in [-0.2, 0) is 35.3 Å². The molecule has 2 aromatic carbocycles. The van der Waals surface area contributed by atoms with Crippen LogP contribution >= 0.6 is 22.7 Å². The molecule has 54 heavy (non-hydrogen) atoms. The van der Waals surface area contributed by atoms with Crippen LogP contribution in [0.15, 0.2) is 47.5 Å². The quantitative estimate of drug-likeness (QED) is 0.0571. The fourth-order valence-electron chi connectivity index (χ4n) is 6.29. The molecular formula is C39H50FN7O4S2Si. The van der Waals surface area contributed by atoms with Crippen molar-refractivity contribution in [2.24, 2.45) is 10.7 Å². The number of carbonyl (C=O) groups is 1. The molecule has 1 aliphatic heterocycles. The second-order valence-electron chi connectivity index (χ2n) is 14.5. The van der Waals surface area contributed by atoms with Crippen LogP contribution in [0.2, 0.25) is 25.7 Å². The van der Waals surface area contributed by atoms with Crippen molar-refractivity contribution >= 4 is 63.7 Å². The summed E-state index contributed by atoms with van der Waals surface area (Å²) < 4.78 is 35.2. The molecule has 15 heteroatoms. The molecule has 4 heterocycles. The van der Waals surface area contributed by atoms with E-state index < -0.39 is 19.9 Å². The largest absolute Gasteiger partial charge is 0.491 e. The Kier molecular flexibility index (Phi) is 13.3. The number of ether oxygens (including phenoxy) is 3. The lowest BCUT2D eigenvalue weighted by atomic mass is 10.0. The van der Waals surface area contributed by atoms with Gasteiger partial charge in [0.1, 0.15) is 0 Å². The molecule has 0 aliphatic carbocycles. The molecule has 288 valence electrons. The molecule has 0 unspecified atom stereocenters. The minimum absolute atomic E-state index is 0.195.